The molecule has 7 nitrogen and oxygen atoms in total. The van der Waals surface area contributed by atoms with Crippen LogP contribution in [0.2, 0.25) is 0 Å². The summed E-state index contributed by atoms with van der Waals surface area (Å²) in [4.78, 5) is 20.7. The minimum Gasteiger partial charge on any atom is -0.370 e. The highest BCUT2D eigenvalue weighted by Crippen LogP contribution is 2.28. The van der Waals surface area contributed by atoms with Gasteiger partial charge in [-0.2, -0.15) is 0 Å². The highest BCUT2D eigenvalue weighted by Gasteiger charge is 2.13. The Kier molecular flexibility index (Phi) is 5.10. The van der Waals surface area contributed by atoms with Gasteiger partial charge in [0, 0.05) is 23.7 Å². The van der Waals surface area contributed by atoms with Gasteiger partial charge in [0.15, 0.2) is 5.82 Å². The Balaban J connectivity index is 1.29. The van der Waals surface area contributed by atoms with Crippen molar-refractivity contribution in [3.05, 3.63) is 77.6 Å². The minimum atomic E-state index is -0.226. The highest BCUT2D eigenvalue weighted by atomic mass is 19.1. The molecule has 0 aliphatic carbocycles. The van der Waals surface area contributed by atoms with E-state index in [4.69, 9.17) is 0 Å². The number of aromatic amines is 1. The third-order valence-corrected chi connectivity index (χ3v) is 5.48. The standard InChI is InChI=1S/C24H22FN7/c1-14-7-8-17(25)24-23(14)16(15(2)30-24)9-10-26-20-11-21(29-13-28-20)32-22-12-27-18-5-3-4-6-19(18)31-22/h3-8,11-13,30H,9-10H2,1-2H3,(H2,26,28,29,31,32). The highest BCUT2D eigenvalue weighted by molar-refractivity contribution is 5.88. The molecule has 0 aliphatic rings. The molecule has 5 aromatic rings. The third kappa shape index (κ3) is 3.82. The van der Waals surface area contributed by atoms with Crippen molar-refractivity contribution in [3.63, 3.8) is 0 Å². The first-order valence-electron chi connectivity index (χ1n) is 10.4. The molecular weight excluding hydrogens is 405 g/mol. The summed E-state index contributed by atoms with van der Waals surface area (Å²) in [6, 6.07) is 12.8. The molecule has 0 fully saturated rings. The molecule has 160 valence electrons. The lowest BCUT2D eigenvalue weighted by Gasteiger charge is -2.09. The number of aryl methyl sites for hydroxylation is 2. The van der Waals surface area contributed by atoms with Crippen LogP contribution in [0.3, 0.4) is 0 Å². The maximum Gasteiger partial charge on any atom is 0.150 e. The average molecular weight is 427 g/mol. The quantitative estimate of drug-likeness (QED) is 0.351. The largest absolute Gasteiger partial charge is 0.370 e. The van der Waals surface area contributed by atoms with E-state index < -0.39 is 0 Å². The number of H-pyrrole nitrogens is 1. The molecule has 2 aromatic carbocycles. The lowest BCUT2D eigenvalue weighted by Crippen LogP contribution is -2.08. The van der Waals surface area contributed by atoms with Crippen LogP contribution in [0.25, 0.3) is 21.9 Å². The Morgan fingerprint density at radius 1 is 0.938 bits per heavy atom. The van der Waals surface area contributed by atoms with E-state index in [2.05, 4.69) is 35.6 Å². The van der Waals surface area contributed by atoms with E-state index in [0.717, 1.165) is 39.7 Å². The summed E-state index contributed by atoms with van der Waals surface area (Å²) >= 11 is 0. The summed E-state index contributed by atoms with van der Waals surface area (Å²) < 4.78 is 14.2. The van der Waals surface area contributed by atoms with Crippen LogP contribution >= 0.6 is 0 Å². The van der Waals surface area contributed by atoms with Gasteiger partial charge < -0.3 is 15.6 Å². The van der Waals surface area contributed by atoms with Gasteiger partial charge in [0.2, 0.25) is 0 Å². The number of nitrogens with one attached hydrogen (secondary N) is 3. The third-order valence-electron chi connectivity index (χ3n) is 5.48. The average Bonchev–Trinajstić information content (AvgIpc) is 3.14. The molecule has 3 N–H and O–H groups in total. The molecule has 5 rings (SSSR count). The molecule has 8 heteroatoms. The van der Waals surface area contributed by atoms with Gasteiger partial charge in [0.1, 0.15) is 23.8 Å². The number of anilines is 3. The number of hydrogen-bond acceptors (Lipinski definition) is 6. The molecule has 32 heavy (non-hydrogen) atoms. The van der Waals surface area contributed by atoms with Gasteiger partial charge in [-0.25, -0.2) is 19.3 Å². The fourth-order valence-corrected chi connectivity index (χ4v) is 3.94. The van der Waals surface area contributed by atoms with Gasteiger partial charge >= 0.3 is 0 Å². The molecule has 0 amide bonds. The van der Waals surface area contributed by atoms with Crippen molar-refractivity contribution in [2.75, 3.05) is 17.2 Å². The number of hydrogen-bond donors (Lipinski definition) is 3. The van der Waals surface area contributed by atoms with E-state index in [0.29, 0.717) is 29.5 Å². The maximum atomic E-state index is 14.2. The maximum absolute atomic E-state index is 14.2. The second kappa shape index (κ2) is 8.22. The van der Waals surface area contributed by atoms with Crippen LogP contribution in [-0.2, 0) is 6.42 Å². The van der Waals surface area contributed by atoms with Gasteiger partial charge in [-0.3, -0.25) is 4.98 Å². The van der Waals surface area contributed by atoms with E-state index in [1.165, 1.54) is 12.4 Å². The monoisotopic (exact) mass is 427 g/mol. The van der Waals surface area contributed by atoms with Crippen LogP contribution in [0.1, 0.15) is 16.8 Å². The Labute approximate surface area is 184 Å². The first-order valence-corrected chi connectivity index (χ1v) is 10.4. The first kappa shape index (κ1) is 19.9. The molecule has 0 saturated heterocycles. The second-order valence-corrected chi connectivity index (χ2v) is 7.68. The predicted molar refractivity (Wildman–Crippen MR) is 125 cm³/mol. The topological polar surface area (TPSA) is 91.4 Å². The fourth-order valence-electron chi connectivity index (χ4n) is 3.94. The molecule has 0 saturated carbocycles. The lowest BCUT2D eigenvalue weighted by molar-refractivity contribution is 0.637. The van der Waals surface area contributed by atoms with E-state index in [9.17, 15) is 4.39 Å². The molecule has 0 spiro atoms. The van der Waals surface area contributed by atoms with Crippen LogP contribution in [0.15, 0.2) is 55.0 Å². The number of nitrogens with zero attached hydrogens (tertiary/aromatic N) is 4. The van der Waals surface area contributed by atoms with Gasteiger partial charge in [-0.1, -0.05) is 18.2 Å². The molecule has 3 aromatic heterocycles. The zero-order valence-electron chi connectivity index (χ0n) is 17.8. The van der Waals surface area contributed by atoms with E-state index >= 15 is 0 Å². The normalized spacial score (nSPS) is 11.2. The van der Waals surface area contributed by atoms with Gasteiger partial charge in [0.05, 0.1) is 22.7 Å². The zero-order valence-corrected chi connectivity index (χ0v) is 17.8. The van der Waals surface area contributed by atoms with Gasteiger partial charge in [0.25, 0.3) is 0 Å². The number of para-hydroxylation sites is 2. The van der Waals surface area contributed by atoms with Crippen molar-refractivity contribution in [2.24, 2.45) is 0 Å². The molecular formula is C24H22FN7. The van der Waals surface area contributed by atoms with Crippen LogP contribution in [0, 0.1) is 19.7 Å². The molecule has 0 aliphatic heterocycles. The Bertz CT molecular complexity index is 1430. The molecule has 0 radical (unpaired) electrons. The van der Waals surface area contributed by atoms with Gasteiger partial charge in [-0.05, 0) is 49.6 Å². The van der Waals surface area contributed by atoms with E-state index in [-0.39, 0.29) is 5.82 Å². The summed E-state index contributed by atoms with van der Waals surface area (Å²) in [5, 5.41) is 7.47. The zero-order chi connectivity index (χ0) is 22.1. The van der Waals surface area contributed by atoms with Crippen molar-refractivity contribution < 1.29 is 4.39 Å². The Morgan fingerprint density at radius 3 is 2.62 bits per heavy atom. The van der Waals surface area contributed by atoms with Crippen LogP contribution in [0.4, 0.5) is 21.8 Å². The van der Waals surface area contributed by atoms with Crippen LogP contribution < -0.4 is 10.6 Å². The van der Waals surface area contributed by atoms with Crippen molar-refractivity contribution >= 4 is 39.4 Å². The lowest BCUT2D eigenvalue weighted by atomic mass is 10.0. The van der Waals surface area contributed by atoms with Crippen molar-refractivity contribution in [1.29, 1.82) is 0 Å². The molecule has 3 heterocycles. The smallest absolute Gasteiger partial charge is 0.150 e. The molecule has 0 unspecified atom stereocenters. The summed E-state index contributed by atoms with van der Waals surface area (Å²) in [6.07, 6.45) is 3.91. The molecule has 0 atom stereocenters. The van der Waals surface area contributed by atoms with Crippen molar-refractivity contribution in [3.8, 4) is 0 Å². The number of aromatic nitrogens is 5. The van der Waals surface area contributed by atoms with E-state index in [1.54, 1.807) is 6.20 Å². The molecule has 0 bridgehead atoms. The number of rotatable bonds is 6. The Morgan fingerprint density at radius 2 is 1.75 bits per heavy atom. The predicted octanol–water partition coefficient (Wildman–Crippen LogP) is 5.06. The fraction of sp³-hybridized carbons (Fsp3) is 0.167. The number of halogens is 1. The minimum absolute atomic E-state index is 0.226. The SMILES string of the molecule is Cc1[nH]c2c(F)ccc(C)c2c1CCNc1cc(Nc2cnc3ccccc3n2)ncn1. The summed E-state index contributed by atoms with van der Waals surface area (Å²) in [5.74, 6) is 1.70. The van der Waals surface area contributed by atoms with Crippen LogP contribution in [-0.4, -0.2) is 31.5 Å². The number of benzene rings is 2. The Hall–Kier alpha value is -4.07. The second-order valence-electron chi connectivity index (χ2n) is 7.68. The van der Waals surface area contributed by atoms with E-state index in [1.807, 2.05) is 50.2 Å². The summed E-state index contributed by atoms with van der Waals surface area (Å²) in [5.41, 5.74) is 5.38. The number of fused-ring (bicyclic) bond motifs is 2. The summed E-state index contributed by atoms with van der Waals surface area (Å²) in [6.45, 7) is 4.63. The summed E-state index contributed by atoms with van der Waals surface area (Å²) in [7, 11) is 0. The first-order chi connectivity index (χ1) is 15.6. The van der Waals surface area contributed by atoms with Gasteiger partial charge in [-0.15, -0.1) is 0 Å². The van der Waals surface area contributed by atoms with Crippen LogP contribution in [0.5, 0.6) is 0 Å². The van der Waals surface area contributed by atoms with Crippen molar-refractivity contribution in [1.82, 2.24) is 24.9 Å². The van der Waals surface area contributed by atoms with Crippen molar-refractivity contribution in [2.45, 2.75) is 20.3 Å².